The molecule has 0 aromatic heterocycles. The van der Waals surface area contributed by atoms with E-state index in [0.717, 1.165) is 15.8 Å². The van der Waals surface area contributed by atoms with Gasteiger partial charge in [0.1, 0.15) is 5.75 Å². The summed E-state index contributed by atoms with van der Waals surface area (Å²) >= 11 is 3.42. The van der Waals surface area contributed by atoms with Crippen LogP contribution in [0.4, 0.5) is 0 Å². The number of amides is 1. The molecule has 1 unspecified atom stereocenters. The Bertz CT molecular complexity index is 449. The second-order valence-corrected chi connectivity index (χ2v) is 5.94. The smallest absolute Gasteiger partial charge is 0.220 e. The number of benzene rings is 1. The quantitative estimate of drug-likeness (QED) is 0.799. The minimum Gasteiger partial charge on any atom is -0.496 e. The summed E-state index contributed by atoms with van der Waals surface area (Å²) in [7, 11) is 1.62. The van der Waals surface area contributed by atoms with Crippen molar-refractivity contribution in [3.05, 3.63) is 28.2 Å². The third kappa shape index (κ3) is 5.51. The number of carbonyl (C=O) groups is 1. The third-order valence-corrected chi connectivity index (χ3v) is 3.75. The Kier molecular flexibility index (Phi) is 7.02. The fourth-order valence-corrected chi connectivity index (χ4v) is 2.25. The van der Waals surface area contributed by atoms with Crippen LogP contribution in [0.3, 0.4) is 0 Å². The van der Waals surface area contributed by atoms with Crippen LogP contribution in [0.25, 0.3) is 0 Å². The van der Waals surface area contributed by atoms with Gasteiger partial charge in [0.05, 0.1) is 17.7 Å². The Morgan fingerprint density at radius 3 is 2.70 bits per heavy atom. The zero-order chi connectivity index (χ0) is 15.1. The maximum Gasteiger partial charge on any atom is 0.220 e. The molecule has 4 nitrogen and oxygen atoms in total. The van der Waals surface area contributed by atoms with E-state index in [1.807, 2.05) is 32.0 Å². The van der Waals surface area contributed by atoms with Gasteiger partial charge in [0.15, 0.2) is 0 Å². The van der Waals surface area contributed by atoms with Gasteiger partial charge in [-0.1, -0.05) is 19.9 Å². The molecule has 0 saturated carbocycles. The van der Waals surface area contributed by atoms with Crippen LogP contribution < -0.4 is 10.1 Å². The van der Waals surface area contributed by atoms with Gasteiger partial charge in [0, 0.05) is 13.0 Å². The fourth-order valence-electron chi connectivity index (χ4n) is 1.67. The summed E-state index contributed by atoms with van der Waals surface area (Å²) in [6.07, 6.45) is 0.574. The van der Waals surface area contributed by atoms with Crippen molar-refractivity contribution in [1.82, 2.24) is 5.32 Å². The van der Waals surface area contributed by atoms with Gasteiger partial charge in [-0.25, -0.2) is 0 Å². The number of ether oxygens (including phenoxy) is 1. The van der Waals surface area contributed by atoms with Crippen molar-refractivity contribution in [2.45, 2.75) is 32.8 Å². The molecule has 0 radical (unpaired) electrons. The van der Waals surface area contributed by atoms with Crippen LogP contribution in [0.1, 0.15) is 25.8 Å². The molecule has 0 bridgehead atoms. The highest BCUT2D eigenvalue weighted by Crippen LogP contribution is 2.25. The fraction of sp³-hybridized carbons (Fsp3) is 0.533. The molecular formula is C15H22BrNO3. The predicted molar refractivity (Wildman–Crippen MR) is 82.9 cm³/mol. The molecule has 0 saturated heterocycles. The molecule has 1 rings (SSSR count). The van der Waals surface area contributed by atoms with Gasteiger partial charge in [-0.15, -0.1) is 0 Å². The van der Waals surface area contributed by atoms with E-state index in [-0.39, 0.29) is 11.8 Å². The summed E-state index contributed by atoms with van der Waals surface area (Å²) < 4.78 is 6.04. The molecule has 0 spiro atoms. The van der Waals surface area contributed by atoms with Gasteiger partial charge >= 0.3 is 0 Å². The van der Waals surface area contributed by atoms with Crippen LogP contribution in [0, 0.1) is 5.92 Å². The molecule has 1 atom stereocenters. The number of halogens is 1. The Balaban J connectivity index is 2.39. The number of hydrogen-bond donors (Lipinski definition) is 2. The van der Waals surface area contributed by atoms with Crippen molar-refractivity contribution < 1.29 is 14.6 Å². The van der Waals surface area contributed by atoms with Gasteiger partial charge in [0.25, 0.3) is 0 Å². The van der Waals surface area contributed by atoms with E-state index < -0.39 is 6.10 Å². The molecule has 0 aliphatic carbocycles. The highest BCUT2D eigenvalue weighted by atomic mass is 79.9. The highest BCUT2D eigenvalue weighted by molar-refractivity contribution is 9.10. The van der Waals surface area contributed by atoms with Crippen molar-refractivity contribution in [3.8, 4) is 5.75 Å². The maximum absolute atomic E-state index is 11.7. The van der Waals surface area contributed by atoms with E-state index in [4.69, 9.17) is 4.74 Å². The number of aliphatic hydroxyl groups excluding tert-OH is 1. The average Bonchev–Trinajstić information content (AvgIpc) is 2.42. The number of nitrogens with one attached hydrogen (secondary N) is 1. The second-order valence-electron chi connectivity index (χ2n) is 5.08. The first-order chi connectivity index (χ1) is 9.43. The van der Waals surface area contributed by atoms with Crippen LogP contribution in [-0.2, 0) is 11.2 Å². The Hall–Kier alpha value is -1.07. The molecule has 5 heteroatoms. The normalized spacial score (nSPS) is 12.3. The van der Waals surface area contributed by atoms with Gasteiger partial charge in [0.2, 0.25) is 5.91 Å². The summed E-state index contributed by atoms with van der Waals surface area (Å²) in [5.41, 5.74) is 1.07. The summed E-state index contributed by atoms with van der Waals surface area (Å²) in [5, 5.41) is 12.4. The first-order valence-electron chi connectivity index (χ1n) is 6.71. The number of rotatable bonds is 7. The lowest BCUT2D eigenvalue weighted by molar-refractivity contribution is -0.121. The summed E-state index contributed by atoms with van der Waals surface area (Å²) in [6, 6.07) is 5.77. The lowest BCUT2D eigenvalue weighted by Gasteiger charge is -2.15. The van der Waals surface area contributed by atoms with Crippen molar-refractivity contribution in [3.63, 3.8) is 0 Å². The van der Waals surface area contributed by atoms with Gasteiger partial charge in [-0.3, -0.25) is 4.79 Å². The second kappa shape index (κ2) is 8.27. The lowest BCUT2D eigenvalue weighted by atomic mass is 10.1. The van der Waals surface area contributed by atoms with E-state index in [1.165, 1.54) is 0 Å². The molecule has 20 heavy (non-hydrogen) atoms. The van der Waals surface area contributed by atoms with Crippen LogP contribution >= 0.6 is 15.9 Å². The van der Waals surface area contributed by atoms with Crippen LogP contribution in [0.5, 0.6) is 5.75 Å². The SMILES string of the molecule is COc1ccc(CCC(=O)NCC(O)C(C)C)cc1Br. The highest BCUT2D eigenvalue weighted by Gasteiger charge is 2.11. The predicted octanol–water partition coefficient (Wildman–Crippen LogP) is 2.52. The Morgan fingerprint density at radius 1 is 1.45 bits per heavy atom. The van der Waals surface area contributed by atoms with E-state index in [1.54, 1.807) is 7.11 Å². The zero-order valence-electron chi connectivity index (χ0n) is 12.1. The maximum atomic E-state index is 11.7. The first kappa shape index (κ1) is 17.0. The number of aliphatic hydroxyl groups is 1. The largest absolute Gasteiger partial charge is 0.496 e. The summed E-state index contributed by atoms with van der Waals surface area (Å²) in [4.78, 5) is 11.7. The van der Waals surface area contributed by atoms with E-state index in [0.29, 0.717) is 19.4 Å². The molecule has 0 aliphatic heterocycles. The van der Waals surface area contributed by atoms with Gasteiger partial charge in [-0.05, 0) is 46.0 Å². The molecule has 0 heterocycles. The monoisotopic (exact) mass is 343 g/mol. The molecule has 0 aliphatic rings. The molecule has 1 amide bonds. The van der Waals surface area contributed by atoms with E-state index in [9.17, 15) is 9.90 Å². The molecule has 1 aromatic carbocycles. The topological polar surface area (TPSA) is 58.6 Å². The average molecular weight is 344 g/mol. The van der Waals surface area contributed by atoms with Crippen molar-refractivity contribution in [1.29, 1.82) is 0 Å². The van der Waals surface area contributed by atoms with Gasteiger partial charge < -0.3 is 15.2 Å². The lowest BCUT2D eigenvalue weighted by Crippen LogP contribution is -2.34. The molecular weight excluding hydrogens is 322 g/mol. The standard InChI is InChI=1S/C15H22BrNO3/c1-10(2)13(18)9-17-15(19)7-5-11-4-6-14(20-3)12(16)8-11/h4,6,8,10,13,18H,5,7,9H2,1-3H3,(H,17,19). The molecule has 2 N–H and O–H groups in total. The van der Waals surface area contributed by atoms with E-state index in [2.05, 4.69) is 21.2 Å². The van der Waals surface area contributed by atoms with Crippen molar-refractivity contribution >= 4 is 21.8 Å². The number of aryl methyl sites for hydroxylation is 1. The Labute approximate surface area is 128 Å². The van der Waals surface area contributed by atoms with Crippen LogP contribution in [-0.4, -0.2) is 30.8 Å². The van der Waals surface area contributed by atoms with E-state index >= 15 is 0 Å². The number of methoxy groups -OCH3 is 1. The van der Waals surface area contributed by atoms with Crippen LogP contribution in [0.2, 0.25) is 0 Å². The Morgan fingerprint density at radius 2 is 2.15 bits per heavy atom. The van der Waals surface area contributed by atoms with Crippen LogP contribution in [0.15, 0.2) is 22.7 Å². The zero-order valence-corrected chi connectivity index (χ0v) is 13.7. The summed E-state index contributed by atoms with van der Waals surface area (Å²) in [6.45, 7) is 4.15. The minimum absolute atomic E-state index is 0.0448. The summed E-state index contributed by atoms with van der Waals surface area (Å²) in [5.74, 6) is 0.878. The molecule has 112 valence electrons. The minimum atomic E-state index is -0.492. The molecule has 1 aromatic rings. The molecule has 0 fully saturated rings. The number of hydrogen-bond acceptors (Lipinski definition) is 3. The van der Waals surface area contributed by atoms with Crippen molar-refractivity contribution in [2.75, 3.05) is 13.7 Å². The number of carbonyl (C=O) groups excluding carboxylic acids is 1. The van der Waals surface area contributed by atoms with Gasteiger partial charge in [-0.2, -0.15) is 0 Å². The first-order valence-corrected chi connectivity index (χ1v) is 7.50. The third-order valence-electron chi connectivity index (χ3n) is 3.13. The van der Waals surface area contributed by atoms with Crippen molar-refractivity contribution in [2.24, 2.45) is 5.92 Å².